The number of halogens is 1. The Balaban J connectivity index is 2.84. The molecule has 1 unspecified atom stereocenters. The van der Waals surface area contributed by atoms with E-state index in [4.69, 9.17) is 6.42 Å². The fourth-order valence-corrected chi connectivity index (χ4v) is 2.02. The first-order chi connectivity index (χ1) is 5.27. The van der Waals surface area contributed by atoms with Crippen molar-refractivity contribution < 1.29 is 0 Å². The van der Waals surface area contributed by atoms with Gasteiger partial charge in [0.25, 0.3) is 0 Å². The fraction of sp³-hybridized carbons (Fsp3) is 0.250. The monoisotopic (exact) mass is 229 g/mol. The van der Waals surface area contributed by atoms with Crippen LogP contribution in [0.4, 0.5) is 0 Å². The summed E-state index contributed by atoms with van der Waals surface area (Å²) in [7, 11) is 1.86. The molecule has 1 N–H and O–H groups in total. The molecule has 0 bridgehead atoms. The minimum absolute atomic E-state index is 0.0394. The summed E-state index contributed by atoms with van der Waals surface area (Å²) in [6.45, 7) is 0. The van der Waals surface area contributed by atoms with Gasteiger partial charge in [0.1, 0.15) is 0 Å². The van der Waals surface area contributed by atoms with Crippen molar-refractivity contribution in [2.45, 2.75) is 6.04 Å². The SMILES string of the molecule is C#CC(NC)c1csc(Br)c1. The van der Waals surface area contributed by atoms with Gasteiger partial charge in [-0.1, -0.05) is 5.92 Å². The molecule has 0 aliphatic heterocycles. The van der Waals surface area contributed by atoms with Crippen LogP contribution in [0.15, 0.2) is 15.2 Å². The first-order valence-electron chi connectivity index (χ1n) is 3.15. The fourth-order valence-electron chi connectivity index (χ4n) is 0.821. The third kappa shape index (κ3) is 2.06. The van der Waals surface area contributed by atoms with E-state index < -0.39 is 0 Å². The number of hydrogen-bond acceptors (Lipinski definition) is 2. The molecule has 1 atom stereocenters. The number of terminal acetylenes is 1. The van der Waals surface area contributed by atoms with E-state index in [1.807, 2.05) is 18.5 Å². The molecule has 0 spiro atoms. The minimum atomic E-state index is 0.0394. The van der Waals surface area contributed by atoms with Crippen LogP contribution in [-0.2, 0) is 0 Å². The molecule has 0 fully saturated rings. The lowest BCUT2D eigenvalue weighted by Gasteiger charge is -2.04. The molecule has 1 aromatic rings. The summed E-state index contributed by atoms with van der Waals surface area (Å²) in [5.41, 5.74) is 1.15. The van der Waals surface area contributed by atoms with Crippen molar-refractivity contribution in [1.82, 2.24) is 5.32 Å². The summed E-state index contributed by atoms with van der Waals surface area (Å²) in [4.78, 5) is 0. The van der Waals surface area contributed by atoms with Crippen molar-refractivity contribution in [2.24, 2.45) is 0 Å². The molecule has 3 heteroatoms. The molecule has 0 aliphatic rings. The maximum atomic E-state index is 5.30. The molecule has 1 rings (SSSR count). The van der Waals surface area contributed by atoms with Gasteiger partial charge in [0.2, 0.25) is 0 Å². The van der Waals surface area contributed by atoms with Gasteiger partial charge in [-0.05, 0) is 40.0 Å². The smallest absolute Gasteiger partial charge is 0.0949 e. The molecular weight excluding hydrogens is 222 g/mol. The molecule has 1 nitrogen and oxygen atoms in total. The summed E-state index contributed by atoms with van der Waals surface area (Å²) in [6.07, 6.45) is 5.30. The Hall–Kier alpha value is -0.300. The summed E-state index contributed by atoms with van der Waals surface area (Å²) in [6, 6.07) is 2.07. The third-order valence-corrected chi connectivity index (χ3v) is 2.90. The normalized spacial score (nSPS) is 12.5. The van der Waals surface area contributed by atoms with E-state index in [-0.39, 0.29) is 6.04 Å². The van der Waals surface area contributed by atoms with E-state index in [0.29, 0.717) is 0 Å². The summed E-state index contributed by atoms with van der Waals surface area (Å²) in [5.74, 6) is 2.66. The van der Waals surface area contributed by atoms with Crippen LogP contribution in [0.2, 0.25) is 0 Å². The van der Waals surface area contributed by atoms with Crippen molar-refractivity contribution in [3.05, 3.63) is 20.8 Å². The Morgan fingerprint density at radius 2 is 2.55 bits per heavy atom. The highest BCUT2D eigenvalue weighted by Crippen LogP contribution is 2.24. The second kappa shape index (κ2) is 3.91. The minimum Gasteiger partial charge on any atom is -0.303 e. The molecule has 1 heterocycles. The Kier molecular flexibility index (Phi) is 3.13. The molecule has 0 aliphatic carbocycles. The van der Waals surface area contributed by atoms with Gasteiger partial charge in [-0.3, -0.25) is 0 Å². The highest BCUT2D eigenvalue weighted by Gasteiger charge is 2.06. The molecule has 0 saturated carbocycles. The molecule has 58 valence electrons. The van der Waals surface area contributed by atoms with Crippen molar-refractivity contribution in [1.29, 1.82) is 0 Å². The molecule has 0 radical (unpaired) electrons. The van der Waals surface area contributed by atoms with Gasteiger partial charge < -0.3 is 5.32 Å². The molecule has 11 heavy (non-hydrogen) atoms. The van der Waals surface area contributed by atoms with Crippen LogP contribution in [0.3, 0.4) is 0 Å². The third-order valence-electron chi connectivity index (χ3n) is 1.38. The van der Waals surface area contributed by atoms with Crippen LogP contribution < -0.4 is 5.32 Å². The molecular formula is C8H8BrNS. The predicted molar refractivity (Wildman–Crippen MR) is 52.7 cm³/mol. The van der Waals surface area contributed by atoms with Gasteiger partial charge in [-0.2, -0.15) is 0 Å². The Labute approximate surface area is 78.9 Å². The number of hydrogen-bond donors (Lipinski definition) is 1. The van der Waals surface area contributed by atoms with Gasteiger partial charge in [-0.15, -0.1) is 17.8 Å². The zero-order chi connectivity index (χ0) is 8.27. The standard InChI is InChI=1S/C8H8BrNS/c1-3-7(10-2)6-4-8(9)11-5-6/h1,4-5,7,10H,2H3. The largest absolute Gasteiger partial charge is 0.303 e. The van der Waals surface area contributed by atoms with E-state index >= 15 is 0 Å². The quantitative estimate of drug-likeness (QED) is 0.769. The Bertz CT molecular complexity index is 274. The lowest BCUT2D eigenvalue weighted by Crippen LogP contribution is -2.12. The van der Waals surface area contributed by atoms with Crippen LogP contribution in [0.1, 0.15) is 11.6 Å². The van der Waals surface area contributed by atoms with Crippen molar-refractivity contribution in [3.8, 4) is 12.3 Å². The lowest BCUT2D eigenvalue weighted by molar-refractivity contribution is 0.739. The summed E-state index contributed by atoms with van der Waals surface area (Å²) < 4.78 is 1.11. The molecule has 0 amide bonds. The van der Waals surface area contributed by atoms with E-state index in [0.717, 1.165) is 9.35 Å². The zero-order valence-corrected chi connectivity index (χ0v) is 8.50. The van der Waals surface area contributed by atoms with Crippen molar-refractivity contribution in [2.75, 3.05) is 7.05 Å². The molecule has 1 aromatic heterocycles. The molecule has 0 aromatic carbocycles. The van der Waals surface area contributed by atoms with Gasteiger partial charge in [0.15, 0.2) is 0 Å². The number of rotatable bonds is 2. The lowest BCUT2D eigenvalue weighted by atomic mass is 10.2. The van der Waals surface area contributed by atoms with Crippen LogP contribution in [0, 0.1) is 12.3 Å². The van der Waals surface area contributed by atoms with E-state index in [9.17, 15) is 0 Å². The molecule has 0 saturated heterocycles. The maximum absolute atomic E-state index is 5.30. The zero-order valence-electron chi connectivity index (χ0n) is 6.10. The maximum Gasteiger partial charge on any atom is 0.0949 e. The van der Waals surface area contributed by atoms with Gasteiger partial charge in [-0.25, -0.2) is 0 Å². The van der Waals surface area contributed by atoms with E-state index in [1.165, 1.54) is 0 Å². The summed E-state index contributed by atoms with van der Waals surface area (Å²) >= 11 is 5.03. The van der Waals surface area contributed by atoms with Crippen molar-refractivity contribution in [3.63, 3.8) is 0 Å². The van der Waals surface area contributed by atoms with E-state index in [2.05, 4.69) is 27.2 Å². The van der Waals surface area contributed by atoms with Crippen molar-refractivity contribution >= 4 is 27.3 Å². The Morgan fingerprint density at radius 3 is 2.91 bits per heavy atom. The van der Waals surface area contributed by atoms with Crippen LogP contribution in [-0.4, -0.2) is 7.05 Å². The average Bonchev–Trinajstić information content (AvgIpc) is 2.39. The first-order valence-corrected chi connectivity index (χ1v) is 4.82. The van der Waals surface area contributed by atoms with E-state index in [1.54, 1.807) is 11.3 Å². The van der Waals surface area contributed by atoms with Crippen LogP contribution in [0.25, 0.3) is 0 Å². The van der Waals surface area contributed by atoms with Crippen LogP contribution in [0.5, 0.6) is 0 Å². The average molecular weight is 230 g/mol. The second-order valence-corrected chi connectivity index (χ2v) is 4.36. The van der Waals surface area contributed by atoms with Gasteiger partial charge in [0, 0.05) is 0 Å². The second-order valence-electron chi connectivity index (χ2n) is 2.07. The number of nitrogens with one attached hydrogen (secondary N) is 1. The highest BCUT2D eigenvalue weighted by molar-refractivity contribution is 9.11. The predicted octanol–water partition coefficient (Wildman–Crippen LogP) is 2.40. The number of thiophene rings is 1. The van der Waals surface area contributed by atoms with Crippen LogP contribution >= 0.6 is 27.3 Å². The van der Waals surface area contributed by atoms with Gasteiger partial charge >= 0.3 is 0 Å². The highest BCUT2D eigenvalue weighted by atomic mass is 79.9. The first kappa shape index (κ1) is 8.79. The summed E-state index contributed by atoms with van der Waals surface area (Å²) in [5, 5.41) is 5.08. The Morgan fingerprint density at radius 1 is 1.82 bits per heavy atom. The van der Waals surface area contributed by atoms with Gasteiger partial charge in [0.05, 0.1) is 9.83 Å². The topological polar surface area (TPSA) is 12.0 Å².